The van der Waals surface area contributed by atoms with Crippen LogP contribution >= 0.6 is 0 Å². The first-order chi connectivity index (χ1) is 3.66. The lowest BCUT2D eigenvalue weighted by Gasteiger charge is -2.12. The molecular formula is C7H14O. The topological polar surface area (TPSA) is 9.23 Å². The van der Waals surface area contributed by atoms with Crippen LogP contribution in [0, 0.1) is 6.92 Å². The molecule has 0 aliphatic rings. The number of hydrogen-bond acceptors (Lipinski definition) is 1. The van der Waals surface area contributed by atoms with Gasteiger partial charge in [-0.25, -0.2) is 0 Å². The van der Waals surface area contributed by atoms with E-state index in [-0.39, 0.29) is 6.10 Å². The molecule has 2 radical (unpaired) electrons. The molecule has 1 nitrogen and oxygen atoms in total. The van der Waals surface area contributed by atoms with Crippen molar-refractivity contribution < 1.29 is 4.74 Å². The van der Waals surface area contributed by atoms with Crippen LogP contribution in [0.5, 0.6) is 0 Å². The first-order valence-electron chi connectivity index (χ1n) is 3.02. The fourth-order valence-corrected chi connectivity index (χ4v) is 0.520. The summed E-state index contributed by atoms with van der Waals surface area (Å²) in [6, 6.07) is 0. The Hall–Kier alpha value is -0.0400. The Bertz CT molecular complexity index is 50.3. The molecule has 8 heavy (non-hydrogen) atoms. The molecule has 1 atom stereocenters. The van der Waals surface area contributed by atoms with E-state index in [1.54, 1.807) is 0 Å². The fourth-order valence-electron chi connectivity index (χ4n) is 0.520. The van der Waals surface area contributed by atoms with E-state index in [1.165, 1.54) is 0 Å². The number of ether oxygens (including phenoxy) is 1. The van der Waals surface area contributed by atoms with Gasteiger partial charge < -0.3 is 4.74 Å². The van der Waals surface area contributed by atoms with E-state index < -0.39 is 0 Å². The molecule has 0 aliphatic carbocycles. The lowest BCUT2D eigenvalue weighted by atomic mass is 10.3. The SMILES string of the molecule is [CH]CC(C)OC(C)C. The molecule has 1 unspecified atom stereocenters. The highest BCUT2D eigenvalue weighted by Gasteiger charge is 1.99. The van der Waals surface area contributed by atoms with Gasteiger partial charge in [-0.05, 0) is 34.1 Å². The highest BCUT2D eigenvalue weighted by Crippen LogP contribution is 1.99. The molecule has 0 heterocycles. The first-order valence-corrected chi connectivity index (χ1v) is 3.02. The summed E-state index contributed by atoms with van der Waals surface area (Å²) in [6.45, 7) is 11.3. The van der Waals surface area contributed by atoms with Crippen LogP contribution in [0.2, 0.25) is 0 Å². The Morgan fingerprint density at radius 1 is 1.38 bits per heavy atom. The smallest absolute Gasteiger partial charge is 0.0553 e. The van der Waals surface area contributed by atoms with E-state index in [0.29, 0.717) is 12.5 Å². The summed E-state index contributed by atoms with van der Waals surface area (Å²) in [7, 11) is 0. The molecule has 0 amide bonds. The summed E-state index contributed by atoms with van der Waals surface area (Å²) in [5.74, 6) is 0. The van der Waals surface area contributed by atoms with Gasteiger partial charge in [-0.15, -0.1) is 0 Å². The largest absolute Gasteiger partial charge is 0.376 e. The van der Waals surface area contributed by atoms with Crippen LogP contribution < -0.4 is 0 Å². The van der Waals surface area contributed by atoms with Crippen LogP contribution in [-0.4, -0.2) is 12.2 Å². The van der Waals surface area contributed by atoms with E-state index >= 15 is 0 Å². The van der Waals surface area contributed by atoms with Crippen LogP contribution in [0.1, 0.15) is 27.2 Å². The Morgan fingerprint density at radius 3 is 2.00 bits per heavy atom. The van der Waals surface area contributed by atoms with E-state index in [1.807, 2.05) is 20.8 Å². The second kappa shape index (κ2) is 3.90. The third-order valence-electron chi connectivity index (χ3n) is 0.836. The molecule has 0 aromatic heterocycles. The summed E-state index contributed by atoms with van der Waals surface area (Å²) < 4.78 is 5.27. The van der Waals surface area contributed by atoms with Gasteiger partial charge in [0.2, 0.25) is 0 Å². The zero-order chi connectivity index (χ0) is 6.57. The highest BCUT2D eigenvalue weighted by molar-refractivity contribution is 4.52. The summed E-state index contributed by atoms with van der Waals surface area (Å²) >= 11 is 0. The molecule has 0 rings (SSSR count). The maximum Gasteiger partial charge on any atom is 0.0553 e. The van der Waals surface area contributed by atoms with Gasteiger partial charge >= 0.3 is 0 Å². The van der Waals surface area contributed by atoms with Crippen molar-refractivity contribution in [3.8, 4) is 0 Å². The minimum Gasteiger partial charge on any atom is -0.376 e. The lowest BCUT2D eigenvalue weighted by molar-refractivity contribution is 0.0206. The van der Waals surface area contributed by atoms with E-state index in [9.17, 15) is 0 Å². The third-order valence-corrected chi connectivity index (χ3v) is 0.836. The fraction of sp³-hybridized carbons (Fsp3) is 0.857. The van der Waals surface area contributed by atoms with E-state index in [0.717, 1.165) is 0 Å². The molecule has 0 aliphatic heterocycles. The molecule has 0 bridgehead atoms. The summed E-state index contributed by atoms with van der Waals surface area (Å²) in [5, 5.41) is 0. The third kappa shape index (κ3) is 4.13. The molecule has 0 N–H and O–H groups in total. The average molecular weight is 114 g/mol. The van der Waals surface area contributed by atoms with Crippen molar-refractivity contribution in [1.82, 2.24) is 0 Å². The van der Waals surface area contributed by atoms with Gasteiger partial charge in [-0.2, -0.15) is 0 Å². The van der Waals surface area contributed by atoms with E-state index in [4.69, 9.17) is 11.7 Å². The Labute approximate surface area is 52.0 Å². The predicted octanol–water partition coefficient (Wildman–Crippen LogP) is 1.90. The average Bonchev–Trinajstić information content (AvgIpc) is 1.65. The minimum absolute atomic E-state index is 0.204. The molecule has 0 fully saturated rings. The van der Waals surface area contributed by atoms with Crippen LogP contribution in [-0.2, 0) is 4.74 Å². The van der Waals surface area contributed by atoms with Gasteiger partial charge in [0.25, 0.3) is 0 Å². The maximum atomic E-state index is 5.30. The van der Waals surface area contributed by atoms with Gasteiger partial charge in [0.15, 0.2) is 0 Å². The van der Waals surface area contributed by atoms with Gasteiger partial charge in [0, 0.05) is 0 Å². The normalized spacial score (nSPS) is 14.6. The van der Waals surface area contributed by atoms with Crippen molar-refractivity contribution in [2.75, 3.05) is 0 Å². The predicted molar refractivity (Wildman–Crippen MR) is 34.6 cm³/mol. The second-order valence-corrected chi connectivity index (χ2v) is 2.23. The molecule has 0 saturated heterocycles. The molecule has 48 valence electrons. The van der Waals surface area contributed by atoms with Gasteiger partial charge in [-0.1, -0.05) is 0 Å². The molecule has 0 spiro atoms. The first kappa shape index (κ1) is 7.96. The number of rotatable bonds is 3. The zero-order valence-corrected chi connectivity index (χ0v) is 5.85. The Balaban J connectivity index is 3.10. The lowest BCUT2D eigenvalue weighted by Crippen LogP contribution is -2.12. The molecule has 0 aromatic rings. The monoisotopic (exact) mass is 114 g/mol. The molecule has 0 aromatic carbocycles. The number of hydrogen-bond donors (Lipinski definition) is 0. The van der Waals surface area contributed by atoms with E-state index in [2.05, 4.69) is 0 Å². The Kier molecular flexibility index (Phi) is 3.88. The quantitative estimate of drug-likeness (QED) is 0.544. The molecule has 1 heteroatoms. The van der Waals surface area contributed by atoms with Gasteiger partial charge in [-0.3, -0.25) is 0 Å². The highest BCUT2D eigenvalue weighted by atomic mass is 16.5. The Morgan fingerprint density at radius 2 is 1.88 bits per heavy atom. The molecule has 0 saturated carbocycles. The van der Waals surface area contributed by atoms with Gasteiger partial charge in [0.05, 0.1) is 12.2 Å². The molecular weight excluding hydrogens is 100 g/mol. The van der Waals surface area contributed by atoms with Crippen molar-refractivity contribution in [3.05, 3.63) is 6.92 Å². The van der Waals surface area contributed by atoms with Gasteiger partial charge in [0.1, 0.15) is 0 Å². The van der Waals surface area contributed by atoms with Crippen LogP contribution in [0.15, 0.2) is 0 Å². The van der Waals surface area contributed by atoms with Crippen LogP contribution in [0.4, 0.5) is 0 Å². The van der Waals surface area contributed by atoms with Crippen molar-refractivity contribution in [2.45, 2.75) is 39.4 Å². The summed E-state index contributed by atoms with van der Waals surface area (Å²) in [5.41, 5.74) is 0. The summed E-state index contributed by atoms with van der Waals surface area (Å²) in [4.78, 5) is 0. The maximum absolute atomic E-state index is 5.30. The van der Waals surface area contributed by atoms with Crippen molar-refractivity contribution >= 4 is 0 Å². The van der Waals surface area contributed by atoms with Crippen molar-refractivity contribution in [3.63, 3.8) is 0 Å². The van der Waals surface area contributed by atoms with Crippen LogP contribution in [0.25, 0.3) is 0 Å². The summed E-state index contributed by atoms with van der Waals surface area (Å²) in [6.07, 6.45) is 1.11. The van der Waals surface area contributed by atoms with Crippen molar-refractivity contribution in [2.24, 2.45) is 0 Å². The standard InChI is InChI=1S/C7H14O/c1-5-7(4)8-6(2)3/h1,6-7H,5H2,2-4H3. The zero-order valence-electron chi connectivity index (χ0n) is 5.85. The minimum atomic E-state index is 0.204. The van der Waals surface area contributed by atoms with Crippen molar-refractivity contribution in [1.29, 1.82) is 0 Å². The van der Waals surface area contributed by atoms with Crippen LogP contribution in [0.3, 0.4) is 0 Å². The second-order valence-electron chi connectivity index (χ2n) is 2.23.